The van der Waals surface area contributed by atoms with Crippen molar-refractivity contribution in [3.05, 3.63) is 12.3 Å². The molecule has 1 N–H and O–H groups in total. The normalized spacial score (nSPS) is 19.3. The van der Waals surface area contributed by atoms with Crippen LogP contribution in [0.3, 0.4) is 0 Å². The van der Waals surface area contributed by atoms with E-state index in [0.717, 1.165) is 24.2 Å². The molecule has 1 fully saturated rings. The van der Waals surface area contributed by atoms with E-state index in [1.807, 2.05) is 0 Å². The minimum atomic E-state index is 0.502. The van der Waals surface area contributed by atoms with E-state index < -0.39 is 0 Å². The number of rotatable bonds is 7. The molecule has 1 aliphatic rings. The maximum absolute atomic E-state index is 4.07. The van der Waals surface area contributed by atoms with Crippen molar-refractivity contribution >= 4 is 0 Å². The molecule has 1 saturated heterocycles. The number of unbranched alkanes of at least 4 members (excludes halogenated alkanes) is 1. The summed E-state index contributed by atoms with van der Waals surface area (Å²) in [5.74, 6) is 0.903. The van der Waals surface area contributed by atoms with Crippen molar-refractivity contribution < 1.29 is 0 Å². The van der Waals surface area contributed by atoms with Crippen molar-refractivity contribution in [1.29, 1.82) is 0 Å². The molecule has 1 atom stereocenters. The summed E-state index contributed by atoms with van der Waals surface area (Å²) in [6.07, 6.45) is 8.22. The number of hydrogen-bond donors (Lipinski definition) is 1. The number of nitrogens with zero attached hydrogens (tertiary/aromatic N) is 1. The van der Waals surface area contributed by atoms with Crippen LogP contribution in [0.25, 0.3) is 0 Å². The average molecular weight is 297 g/mol. The van der Waals surface area contributed by atoms with Crippen molar-refractivity contribution in [2.24, 2.45) is 5.92 Å². The van der Waals surface area contributed by atoms with Crippen LogP contribution in [0.1, 0.15) is 80.1 Å². The quantitative estimate of drug-likeness (QED) is 0.694. The van der Waals surface area contributed by atoms with Gasteiger partial charge in [0.05, 0.1) is 0 Å². The number of hydrogen-bond acceptors (Lipinski definition) is 2. The molecular weight excluding hydrogens is 256 g/mol. The molecule has 0 aliphatic carbocycles. The standard InChI is InChI=1S/C12H24N2.C7H16/c1-10(2)13-11(3)9-14-8-6-5-7-12(14)4;1-4-5-6-7(2)3/h10,12-13H,3,5-9H2,1-2,4H3;7H,4-6H2,1-3H3/t12-;/m0./s1. The van der Waals surface area contributed by atoms with Gasteiger partial charge in [-0.25, -0.2) is 0 Å². The van der Waals surface area contributed by atoms with Crippen LogP contribution in [-0.4, -0.2) is 30.1 Å². The molecule has 2 nitrogen and oxygen atoms in total. The number of likely N-dealkylation sites (tertiary alicyclic amines) is 1. The molecule has 1 heterocycles. The van der Waals surface area contributed by atoms with E-state index >= 15 is 0 Å². The Morgan fingerprint density at radius 3 is 2.33 bits per heavy atom. The molecule has 0 aromatic carbocycles. The maximum Gasteiger partial charge on any atom is 0.0378 e. The fraction of sp³-hybridized carbons (Fsp3) is 0.895. The fourth-order valence-corrected chi connectivity index (χ4v) is 2.70. The molecule has 1 rings (SSSR count). The van der Waals surface area contributed by atoms with Gasteiger partial charge in [-0.3, -0.25) is 4.90 Å². The summed E-state index contributed by atoms with van der Waals surface area (Å²) >= 11 is 0. The zero-order valence-corrected chi connectivity index (χ0v) is 15.5. The van der Waals surface area contributed by atoms with Gasteiger partial charge in [0.15, 0.2) is 0 Å². The summed E-state index contributed by atoms with van der Waals surface area (Å²) in [5.41, 5.74) is 1.16. The average Bonchev–Trinajstić information content (AvgIpc) is 2.39. The second-order valence-electron chi connectivity index (χ2n) is 7.25. The number of nitrogens with one attached hydrogen (secondary N) is 1. The summed E-state index contributed by atoms with van der Waals surface area (Å²) in [7, 11) is 0. The Kier molecular flexibility index (Phi) is 11.8. The molecule has 0 aromatic rings. The Bertz CT molecular complexity index is 258. The predicted octanol–water partition coefficient (Wildman–Crippen LogP) is 5.21. The molecule has 0 bridgehead atoms. The lowest BCUT2D eigenvalue weighted by molar-refractivity contribution is 0.172. The zero-order chi connectivity index (χ0) is 16.3. The van der Waals surface area contributed by atoms with Gasteiger partial charge in [0, 0.05) is 24.3 Å². The van der Waals surface area contributed by atoms with E-state index in [-0.39, 0.29) is 0 Å². The minimum Gasteiger partial charge on any atom is -0.386 e. The van der Waals surface area contributed by atoms with Crippen LogP contribution in [0.2, 0.25) is 0 Å². The van der Waals surface area contributed by atoms with Crippen LogP contribution < -0.4 is 5.32 Å². The molecule has 21 heavy (non-hydrogen) atoms. The third-order valence-corrected chi connectivity index (χ3v) is 3.96. The van der Waals surface area contributed by atoms with Crippen molar-refractivity contribution in [3.63, 3.8) is 0 Å². The van der Waals surface area contributed by atoms with Gasteiger partial charge in [0.25, 0.3) is 0 Å². The third-order valence-electron chi connectivity index (χ3n) is 3.96. The van der Waals surface area contributed by atoms with E-state index in [4.69, 9.17) is 0 Å². The van der Waals surface area contributed by atoms with Crippen LogP contribution in [0.4, 0.5) is 0 Å². The molecule has 0 unspecified atom stereocenters. The van der Waals surface area contributed by atoms with Gasteiger partial charge in [-0.1, -0.05) is 53.0 Å². The van der Waals surface area contributed by atoms with Crippen molar-refractivity contribution in [2.75, 3.05) is 13.1 Å². The van der Waals surface area contributed by atoms with Gasteiger partial charge in [-0.2, -0.15) is 0 Å². The van der Waals surface area contributed by atoms with Crippen LogP contribution in [0.5, 0.6) is 0 Å². The van der Waals surface area contributed by atoms with E-state index in [1.165, 1.54) is 45.1 Å². The van der Waals surface area contributed by atoms with Gasteiger partial charge >= 0.3 is 0 Å². The lowest BCUT2D eigenvalue weighted by Gasteiger charge is -2.34. The molecule has 126 valence electrons. The van der Waals surface area contributed by atoms with Gasteiger partial charge < -0.3 is 5.32 Å². The van der Waals surface area contributed by atoms with Gasteiger partial charge in [0.1, 0.15) is 0 Å². The van der Waals surface area contributed by atoms with E-state index in [1.54, 1.807) is 0 Å². The van der Waals surface area contributed by atoms with E-state index in [9.17, 15) is 0 Å². The summed E-state index contributed by atoms with van der Waals surface area (Å²) < 4.78 is 0. The zero-order valence-electron chi connectivity index (χ0n) is 15.5. The summed E-state index contributed by atoms with van der Waals surface area (Å²) in [6, 6.07) is 1.23. The maximum atomic E-state index is 4.07. The van der Waals surface area contributed by atoms with Crippen molar-refractivity contribution in [3.8, 4) is 0 Å². The van der Waals surface area contributed by atoms with Crippen LogP contribution >= 0.6 is 0 Å². The van der Waals surface area contributed by atoms with E-state index in [0.29, 0.717) is 6.04 Å². The van der Waals surface area contributed by atoms with Gasteiger partial charge in [-0.05, 0) is 46.1 Å². The predicted molar refractivity (Wildman–Crippen MR) is 96.7 cm³/mol. The lowest BCUT2D eigenvalue weighted by atomic mass is 10.0. The highest BCUT2D eigenvalue weighted by Crippen LogP contribution is 2.16. The Morgan fingerprint density at radius 2 is 1.90 bits per heavy atom. The van der Waals surface area contributed by atoms with Crippen LogP contribution in [-0.2, 0) is 0 Å². The fourth-order valence-electron chi connectivity index (χ4n) is 2.70. The lowest BCUT2D eigenvalue weighted by Crippen LogP contribution is -2.41. The molecular formula is C19H40N2. The first-order chi connectivity index (χ1) is 9.86. The van der Waals surface area contributed by atoms with Gasteiger partial charge in [0.2, 0.25) is 0 Å². The monoisotopic (exact) mass is 296 g/mol. The highest BCUT2D eigenvalue weighted by Gasteiger charge is 2.18. The highest BCUT2D eigenvalue weighted by atomic mass is 15.2. The Hall–Kier alpha value is -0.500. The van der Waals surface area contributed by atoms with Crippen molar-refractivity contribution in [2.45, 2.75) is 92.2 Å². The van der Waals surface area contributed by atoms with Crippen LogP contribution in [0.15, 0.2) is 12.3 Å². The minimum absolute atomic E-state index is 0.502. The summed E-state index contributed by atoms with van der Waals surface area (Å²) in [4.78, 5) is 2.53. The van der Waals surface area contributed by atoms with Crippen LogP contribution in [0, 0.1) is 5.92 Å². The number of piperidine rings is 1. The first-order valence-electron chi connectivity index (χ1n) is 9.05. The molecule has 1 aliphatic heterocycles. The first-order valence-corrected chi connectivity index (χ1v) is 9.05. The molecule has 0 spiro atoms. The molecule has 2 heteroatoms. The smallest absolute Gasteiger partial charge is 0.0378 e. The van der Waals surface area contributed by atoms with Gasteiger partial charge in [-0.15, -0.1) is 0 Å². The first kappa shape index (κ1) is 20.5. The SMILES string of the molecule is C=C(CN1CCCC[C@@H]1C)NC(C)C.CCCCC(C)C. The largest absolute Gasteiger partial charge is 0.386 e. The topological polar surface area (TPSA) is 15.3 Å². The highest BCUT2D eigenvalue weighted by molar-refractivity contribution is 4.97. The summed E-state index contributed by atoms with van der Waals surface area (Å²) in [5, 5.41) is 3.37. The second-order valence-corrected chi connectivity index (χ2v) is 7.25. The third kappa shape index (κ3) is 11.8. The van der Waals surface area contributed by atoms with Crippen molar-refractivity contribution in [1.82, 2.24) is 10.2 Å². The molecule has 0 radical (unpaired) electrons. The molecule has 0 saturated carbocycles. The Balaban J connectivity index is 0.000000486. The van der Waals surface area contributed by atoms with E-state index in [2.05, 4.69) is 58.3 Å². The Labute approximate surface area is 134 Å². The second kappa shape index (κ2) is 12.1. The summed E-state index contributed by atoms with van der Waals surface area (Å²) in [6.45, 7) is 19.7. The molecule has 0 aromatic heterocycles. The Morgan fingerprint density at radius 1 is 1.24 bits per heavy atom. The molecule has 0 amide bonds.